The lowest BCUT2D eigenvalue weighted by Gasteiger charge is -2.39. The third-order valence-corrected chi connectivity index (χ3v) is 9.05. The maximum atomic E-state index is 15.9. The molecule has 0 unspecified atom stereocenters. The Morgan fingerprint density at radius 1 is 1.08 bits per heavy atom. The molecule has 2 saturated carbocycles. The highest BCUT2D eigenvalue weighted by atomic mass is 19.4. The van der Waals surface area contributed by atoms with Crippen molar-refractivity contribution in [3.05, 3.63) is 70.3 Å². The van der Waals surface area contributed by atoms with Crippen LogP contribution in [-0.2, 0) is 33.5 Å². The summed E-state index contributed by atoms with van der Waals surface area (Å²) in [6.07, 6.45) is 1.01. The summed E-state index contributed by atoms with van der Waals surface area (Å²) in [5.74, 6) is -1.96. The third kappa shape index (κ3) is 7.48. The predicted octanol–water partition coefficient (Wildman–Crippen LogP) is 5.13. The van der Waals surface area contributed by atoms with E-state index in [1.54, 1.807) is 13.1 Å². The fraction of sp³-hybridized carbons (Fsp3) is 0.471. The number of aryl methyl sites for hydroxylation is 1. The number of aromatic nitrogens is 3. The van der Waals surface area contributed by atoms with Crippen molar-refractivity contribution < 1.29 is 31.9 Å². The van der Waals surface area contributed by atoms with Crippen LogP contribution in [0.1, 0.15) is 85.4 Å². The maximum absolute atomic E-state index is 15.9. The average Bonchev–Trinajstić information content (AvgIpc) is 3.94. The van der Waals surface area contributed by atoms with E-state index in [0.717, 1.165) is 18.9 Å². The summed E-state index contributed by atoms with van der Waals surface area (Å²) in [6, 6.07) is 5.20. The number of hydrogen-bond donors (Lipinski definition) is 2. The van der Waals surface area contributed by atoms with Gasteiger partial charge in [0.1, 0.15) is 23.2 Å². The Morgan fingerprint density at radius 2 is 1.83 bits per heavy atom. The van der Waals surface area contributed by atoms with E-state index in [1.807, 2.05) is 13.0 Å². The molecule has 10 nitrogen and oxygen atoms in total. The first-order chi connectivity index (χ1) is 22.8. The molecule has 254 valence electrons. The van der Waals surface area contributed by atoms with Crippen molar-refractivity contribution in [1.29, 1.82) is 0 Å². The molecule has 2 amide bonds. The lowest BCUT2D eigenvalue weighted by molar-refractivity contribution is -0.141. The standard InChI is InChI=1S/C34H37F4N7O3/c1-17-11-20(33(47)44-32(40)23-7-8-28(34(36,37)38)43-31(23)19-3-4-19)9-10-45(17)27-13-21(12-26(35)25(27)16-48-22-5-6-22)24-15-41-30(14-29(39)46)42-18(24)2/h7-8,12-13,15,17,19-20,22H,3-6,9-11,14,16H2,1-2H3,(H2,39,46)(H2,40,44,47)/t17-,20-/m0/s1. The predicted molar refractivity (Wildman–Crippen MR) is 169 cm³/mol. The van der Waals surface area contributed by atoms with E-state index < -0.39 is 35.4 Å². The van der Waals surface area contributed by atoms with E-state index in [-0.39, 0.29) is 54.0 Å². The second-order valence-electron chi connectivity index (χ2n) is 12.9. The molecule has 4 N–H and O–H groups in total. The Bertz CT molecular complexity index is 1770. The summed E-state index contributed by atoms with van der Waals surface area (Å²) in [5.41, 5.74) is 13.7. The van der Waals surface area contributed by atoms with Crippen LogP contribution in [-0.4, -0.2) is 51.3 Å². The molecule has 3 heterocycles. The van der Waals surface area contributed by atoms with E-state index in [1.165, 1.54) is 12.1 Å². The second-order valence-corrected chi connectivity index (χ2v) is 12.9. The van der Waals surface area contributed by atoms with Crippen molar-refractivity contribution in [3.63, 3.8) is 0 Å². The van der Waals surface area contributed by atoms with Gasteiger partial charge in [0.2, 0.25) is 5.91 Å². The van der Waals surface area contributed by atoms with Gasteiger partial charge >= 0.3 is 6.18 Å². The first-order valence-corrected chi connectivity index (χ1v) is 16.1. The van der Waals surface area contributed by atoms with Gasteiger partial charge in [0.05, 0.1) is 24.8 Å². The Balaban J connectivity index is 1.24. The van der Waals surface area contributed by atoms with Crippen LogP contribution in [0.3, 0.4) is 0 Å². The Labute approximate surface area is 275 Å². The first kappa shape index (κ1) is 33.4. The van der Waals surface area contributed by atoms with Crippen molar-refractivity contribution in [1.82, 2.24) is 15.0 Å². The molecule has 2 aromatic heterocycles. The topological polar surface area (TPSA) is 150 Å². The Hall–Kier alpha value is -4.46. The molecule has 1 aromatic carbocycles. The Kier molecular flexibility index (Phi) is 9.20. The zero-order valence-electron chi connectivity index (χ0n) is 26.7. The number of rotatable bonds is 10. The van der Waals surface area contributed by atoms with Crippen LogP contribution < -0.4 is 16.4 Å². The molecule has 2 aliphatic carbocycles. The molecule has 6 rings (SSSR count). The fourth-order valence-corrected chi connectivity index (χ4v) is 6.19. The molecule has 3 aromatic rings. The number of ether oxygens (including phenoxy) is 1. The summed E-state index contributed by atoms with van der Waals surface area (Å²) in [6.45, 7) is 4.20. The lowest BCUT2D eigenvalue weighted by Crippen LogP contribution is -2.43. The van der Waals surface area contributed by atoms with E-state index in [4.69, 9.17) is 16.2 Å². The molecule has 48 heavy (non-hydrogen) atoms. The second kappa shape index (κ2) is 13.2. The zero-order valence-corrected chi connectivity index (χ0v) is 26.7. The lowest BCUT2D eigenvalue weighted by atomic mass is 9.89. The molecule has 0 radical (unpaired) electrons. The van der Waals surface area contributed by atoms with E-state index >= 15 is 4.39 Å². The van der Waals surface area contributed by atoms with Gasteiger partial charge in [-0.3, -0.25) is 9.59 Å². The molecular formula is C34H37F4N7O3. The molecule has 2 atom stereocenters. The highest BCUT2D eigenvalue weighted by Gasteiger charge is 2.37. The normalized spacial score (nSPS) is 20.2. The van der Waals surface area contributed by atoms with Crippen molar-refractivity contribution in [2.75, 3.05) is 11.4 Å². The highest BCUT2D eigenvalue weighted by molar-refractivity contribution is 6.05. The SMILES string of the molecule is Cc1nc(CC(N)=O)ncc1-c1cc(F)c(COC2CC2)c(N2CC[C@H](C(=O)N=C(N)c3ccc(C(F)(F)F)nc3C3CC3)C[C@@H]2C)c1. The number of hydrogen-bond acceptors (Lipinski definition) is 7. The minimum Gasteiger partial charge on any atom is -0.383 e. The van der Waals surface area contributed by atoms with Gasteiger partial charge in [-0.15, -0.1) is 0 Å². The maximum Gasteiger partial charge on any atom is 0.433 e. The Morgan fingerprint density at radius 3 is 2.46 bits per heavy atom. The number of nitrogens with two attached hydrogens (primary N) is 2. The minimum absolute atomic E-state index is 0.0933. The van der Waals surface area contributed by atoms with Crippen LogP contribution in [0.15, 0.2) is 35.5 Å². The van der Waals surface area contributed by atoms with Crippen LogP contribution in [0.5, 0.6) is 0 Å². The zero-order chi connectivity index (χ0) is 34.3. The smallest absolute Gasteiger partial charge is 0.383 e. The summed E-state index contributed by atoms with van der Waals surface area (Å²) < 4.78 is 61.7. The van der Waals surface area contributed by atoms with Gasteiger partial charge in [0, 0.05) is 58.7 Å². The molecule has 3 aliphatic rings. The van der Waals surface area contributed by atoms with Gasteiger partial charge in [0.15, 0.2) is 0 Å². The number of piperidine rings is 1. The van der Waals surface area contributed by atoms with Crippen molar-refractivity contribution in [3.8, 4) is 11.1 Å². The van der Waals surface area contributed by atoms with Crippen LogP contribution in [0.2, 0.25) is 0 Å². The van der Waals surface area contributed by atoms with Crippen LogP contribution in [0, 0.1) is 18.7 Å². The average molecular weight is 668 g/mol. The number of nitrogens with zero attached hydrogens (tertiary/aromatic N) is 5. The van der Waals surface area contributed by atoms with Crippen molar-refractivity contribution in [2.45, 2.75) is 89.6 Å². The molecule has 3 fully saturated rings. The van der Waals surface area contributed by atoms with E-state index in [2.05, 4.69) is 24.8 Å². The van der Waals surface area contributed by atoms with Crippen molar-refractivity contribution in [2.24, 2.45) is 22.4 Å². The summed E-state index contributed by atoms with van der Waals surface area (Å²) in [7, 11) is 0. The number of aliphatic imine (C=N–C) groups is 1. The number of anilines is 1. The number of pyridine rings is 1. The quantitative estimate of drug-likeness (QED) is 0.172. The molecule has 14 heteroatoms. The third-order valence-electron chi connectivity index (χ3n) is 9.05. The number of halogens is 4. The number of carbonyl (C=O) groups excluding carboxylic acids is 2. The number of benzene rings is 1. The van der Waals surface area contributed by atoms with Gasteiger partial charge in [-0.2, -0.15) is 18.2 Å². The van der Waals surface area contributed by atoms with Crippen LogP contribution in [0.25, 0.3) is 11.1 Å². The fourth-order valence-electron chi connectivity index (χ4n) is 6.19. The monoisotopic (exact) mass is 667 g/mol. The molecule has 0 bridgehead atoms. The van der Waals surface area contributed by atoms with Gasteiger partial charge in [0.25, 0.3) is 5.91 Å². The van der Waals surface area contributed by atoms with E-state index in [9.17, 15) is 22.8 Å². The number of alkyl halides is 3. The van der Waals surface area contributed by atoms with Crippen LogP contribution in [0.4, 0.5) is 23.2 Å². The van der Waals surface area contributed by atoms with Gasteiger partial charge in [-0.1, -0.05) is 0 Å². The van der Waals surface area contributed by atoms with Gasteiger partial charge in [-0.25, -0.2) is 19.3 Å². The summed E-state index contributed by atoms with van der Waals surface area (Å²) in [4.78, 5) is 43.4. The summed E-state index contributed by atoms with van der Waals surface area (Å²) in [5, 5.41) is 0. The van der Waals surface area contributed by atoms with Gasteiger partial charge in [-0.05, 0) is 82.2 Å². The number of primary amides is 1. The molecule has 0 spiro atoms. The largest absolute Gasteiger partial charge is 0.433 e. The molecular weight excluding hydrogens is 630 g/mol. The number of amides is 2. The first-order valence-electron chi connectivity index (χ1n) is 16.1. The molecule has 1 aliphatic heterocycles. The van der Waals surface area contributed by atoms with Gasteiger partial charge < -0.3 is 21.1 Å². The highest BCUT2D eigenvalue weighted by Crippen LogP contribution is 2.42. The molecule has 1 saturated heterocycles. The van der Waals surface area contributed by atoms with E-state index in [0.29, 0.717) is 60.3 Å². The number of carbonyl (C=O) groups is 2. The van der Waals surface area contributed by atoms with Crippen LogP contribution >= 0.6 is 0 Å². The summed E-state index contributed by atoms with van der Waals surface area (Å²) >= 11 is 0. The van der Waals surface area contributed by atoms with Crippen molar-refractivity contribution >= 4 is 23.3 Å². The minimum atomic E-state index is -4.59. The number of amidine groups is 1.